The summed E-state index contributed by atoms with van der Waals surface area (Å²) in [4.78, 5) is -0.213. The summed E-state index contributed by atoms with van der Waals surface area (Å²) in [5.41, 5.74) is 0. The van der Waals surface area contributed by atoms with Crippen LogP contribution in [0.1, 0.15) is 6.92 Å². The summed E-state index contributed by atoms with van der Waals surface area (Å²) in [6, 6.07) is -1.17. The normalized spacial score (nSPS) is 22.6. The Bertz CT molecular complexity index is 360. The predicted octanol–water partition coefficient (Wildman–Crippen LogP) is 0.775. The van der Waals surface area contributed by atoms with Crippen LogP contribution in [0.2, 0.25) is 0 Å². The zero-order valence-electron chi connectivity index (χ0n) is 6.54. The molecule has 3 nitrogen and oxygen atoms in total. The van der Waals surface area contributed by atoms with Crippen LogP contribution in [0, 0.1) is 0 Å². The summed E-state index contributed by atoms with van der Waals surface area (Å²) < 4.78 is 57.1. The maximum Gasteiger partial charge on any atom is 0.484 e. The average molecular weight is 213 g/mol. The minimum atomic E-state index is -4.53. The first-order valence-corrected chi connectivity index (χ1v) is 4.41. The van der Waals surface area contributed by atoms with Gasteiger partial charge in [-0.1, -0.05) is 0 Å². The quantitative estimate of drug-likeness (QED) is 0.440. The second-order valence-electron chi connectivity index (χ2n) is 2.50. The second kappa shape index (κ2) is 3.06. The van der Waals surface area contributed by atoms with Gasteiger partial charge in [-0.25, -0.2) is 0 Å². The average Bonchev–Trinajstić information content (AvgIpc) is 2.28. The fourth-order valence-electron chi connectivity index (χ4n) is 1.06. The monoisotopic (exact) mass is 213 g/mol. The minimum Gasteiger partial charge on any atom is -0.283 e. The van der Waals surface area contributed by atoms with Crippen LogP contribution < -0.4 is 0 Å². The van der Waals surface area contributed by atoms with Crippen molar-refractivity contribution in [1.82, 2.24) is 4.90 Å². The van der Waals surface area contributed by atoms with Crippen molar-refractivity contribution in [3.63, 3.8) is 0 Å². The van der Waals surface area contributed by atoms with Crippen molar-refractivity contribution < 1.29 is 21.6 Å². The predicted molar refractivity (Wildman–Crippen MR) is 40.4 cm³/mol. The molecule has 0 aromatic carbocycles. The number of alkyl halides is 3. The number of rotatable bonds is 0. The van der Waals surface area contributed by atoms with Crippen molar-refractivity contribution in [1.29, 1.82) is 0 Å². The van der Waals surface area contributed by atoms with E-state index in [9.17, 15) is 21.6 Å². The van der Waals surface area contributed by atoms with Gasteiger partial charge in [-0.15, -0.1) is 0 Å². The summed E-state index contributed by atoms with van der Waals surface area (Å²) in [6.45, 7) is 1.18. The minimum absolute atomic E-state index is 0.0398. The van der Waals surface area contributed by atoms with E-state index in [1.807, 2.05) is 0 Å². The Morgan fingerprint density at radius 3 is 2.23 bits per heavy atom. The summed E-state index contributed by atoms with van der Waals surface area (Å²) in [6.07, 6.45) is -2.87. The molecule has 0 saturated heterocycles. The van der Waals surface area contributed by atoms with Crippen molar-refractivity contribution in [2.75, 3.05) is 0 Å². The Morgan fingerprint density at radius 1 is 1.46 bits per heavy atom. The van der Waals surface area contributed by atoms with Crippen molar-refractivity contribution in [3.8, 4) is 0 Å². The molecule has 0 aliphatic carbocycles. The third-order valence-corrected chi connectivity index (χ3v) is 2.58. The molecule has 13 heavy (non-hydrogen) atoms. The van der Waals surface area contributed by atoms with Gasteiger partial charge in [0.2, 0.25) is 10.3 Å². The largest absolute Gasteiger partial charge is 0.484 e. The lowest BCUT2D eigenvalue weighted by Crippen LogP contribution is -2.40. The van der Waals surface area contributed by atoms with E-state index in [0.29, 0.717) is 0 Å². The fourth-order valence-corrected chi connectivity index (χ4v) is 1.62. The van der Waals surface area contributed by atoms with E-state index in [-0.39, 0.29) is 9.76 Å². The van der Waals surface area contributed by atoms with Gasteiger partial charge in [-0.05, 0) is 13.0 Å². The van der Waals surface area contributed by atoms with Gasteiger partial charge in [0, 0.05) is 6.20 Å². The van der Waals surface area contributed by atoms with Crippen molar-refractivity contribution in [3.05, 3.63) is 12.3 Å². The van der Waals surface area contributed by atoms with E-state index in [1.54, 1.807) is 0 Å². The molecule has 1 heterocycles. The lowest BCUT2D eigenvalue weighted by Gasteiger charge is -2.23. The topological polar surface area (TPSA) is 37.4 Å². The molecular formula is C6H6F3NO2S. The summed E-state index contributed by atoms with van der Waals surface area (Å²) in [5, 5.41) is 0. The molecule has 74 valence electrons. The Morgan fingerprint density at radius 2 is 2.00 bits per heavy atom. The van der Waals surface area contributed by atoms with Crippen LogP contribution in [-0.2, 0) is 10.3 Å². The highest BCUT2D eigenvalue weighted by Gasteiger charge is 2.42. The highest BCUT2D eigenvalue weighted by molar-refractivity contribution is 7.73. The lowest BCUT2D eigenvalue weighted by molar-refractivity contribution is -0.230. The molecule has 0 saturated carbocycles. The Labute approximate surface area is 74.0 Å². The summed E-state index contributed by atoms with van der Waals surface area (Å²) >= 11 is 0. The van der Waals surface area contributed by atoms with E-state index in [4.69, 9.17) is 0 Å². The zero-order chi connectivity index (χ0) is 10.2. The highest BCUT2D eigenvalue weighted by atomic mass is 32.2. The molecule has 0 fully saturated rings. The van der Waals surface area contributed by atoms with Gasteiger partial charge in [-0.2, -0.15) is 21.6 Å². The molecule has 0 radical (unpaired) electrons. The lowest BCUT2D eigenvalue weighted by atomic mass is 10.3. The molecule has 1 atom stereocenters. The maximum absolute atomic E-state index is 12.1. The smallest absolute Gasteiger partial charge is 0.283 e. The van der Waals surface area contributed by atoms with Gasteiger partial charge in [0.15, 0.2) is 0 Å². The van der Waals surface area contributed by atoms with Crippen LogP contribution in [-0.4, -0.2) is 30.5 Å². The van der Waals surface area contributed by atoms with E-state index in [1.165, 1.54) is 6.92 Å². The molecule has 1 aliphatic rings. The molecule has 0 N–H and O–H groups in total. The Balaban J connectivity index is 3.05. The van der Waals surface area contributed by atoms with Crippen LogP contribution in [0.3, 0.4) is 0 Å². The van der Waals surface area contributed by atoms with Gasteiger partial charge in [0.05, 0.1) is 10.9 Å². The van der Waals surface area contributed by atoms with E-state index in [2.05, 4.69) is 0 Å². The molecule has 0 aromatic heterocycles. The van der Waals surface area contributed by atoms with Gasteiger partial charge < -0.3 is 0 Å². The first kappa shape index (κ1) is 10.1. The van der Waals surface area contributed by atoms with E-state index in [0.717, 1.165) is 12.3 Å². The third-order valence-electron chi connectivity index (χ3n) is 1.71. The van der Waals surface area contributed by atoms with Crippen LogP contribution >= 0.6 is 0 Å². The SMILES string of the molecule is CC1C(=S(=O)=O)C=CN1C(F)(F)F. The van der Waals surface area contributed by atoms with Crippen molar-refractivity contribution in [2.24, 2.45) is 0 Å². The van der Waals surface area contributed by atoms with Gasteiger partial charge in [0.25, 0.3) is 0 Å². The van der Waals surface area contributed by atoms with Crippen LogP contribution in [0.4, 0.5) is 13.2 Å². The van der Waals surface area contributed by atoms with Crippen LogP contribution in [0.25, 0.3) is 0 Å². The van der Waals surface area contributed by atoms with Crippen molar-refractivity contribution in [2.45, 2.75) is 19.3 Å². The van der Waals surface area contributed by atoms with E-state index >= 15 is 0 Å². The maximum atomic E-state index is 12.1. The number of hydrogen-bond acceptors (Lipinski definition) is 3. The Hall–Kier alpha value is -0.980. The summed E-state index contributed by atoms with van der Waals surface area (Å²) in [5.74, 6) is 0. The molecule has 0 spiro atoms. The highest BCUT2D eigenvalue weighted by Crippen LogP contribution is 2.27. The number of halogens is 3. The fraction of sp³-hybridized carbons (Fsp3) is 0.500. The first-order chi connectivity index (χ1) is 5.84. The third kappa shape index (κ3) is 1.85. The molecule has 0 amide bonds. The van der Waals surface area contributed by atoms with Gasteiger partial charge >= 0.3 is 6.30 Å². The molecular weight excluding hydrogens is 207 g/mol. The van der Waals surface area contributed by atoms with Gasteiger partial charge in [0.1, 0.15) is 0 Å². The first-order valence-electron chi connectivity index (χ1n) is 3.33. The van der Waals surface area contributed by atoms with Crippen LogP contribution in [0.15, 0.2) is 12.3 Å². The Kier molecular flexibility index (Phi) is 2.38. The molecule has 0 aromatic rings. The molecule has 1 aliphatic heterocycles. The zero-order valence-corrected chi connectivity index (χ0v) is 7.35. The number of hydrogen-bond donors (Lipinski definition) is 0. The van der Waals surface area contributed by atoms with Crippen LogP contribution in [0.5, 0.6) is 0 Å². The molecule has 7 heteroatoms. The molecule has 0 bridgehead atoms. The summed E-state index contributed by atoms with van der Waals surface area (Å²) in [7, 11) is -2.59. The second-order valence-corrected chi connectivity index (χ2v) is 3.44. The molecule has 1 rings (SSSR count). The molecule has 1 unspecified atom stereocenters. The van der Waals surface area contributed by atoms with Gasteiger partial charge in [-0.3, -0.25) is 4.90 Å². The number of nitrogens with zero attached hydrogens (tertiary/aromatic N) is 1. The van der Waals surface area contributed by atoms with E-state index < -0.39 is 22.6 Å². The van der Waals surface area contributed by atoms with Crippen molar-refractivity contribution >= 4 is 15.2 Å². The standard InChI is InChI=1S/C6H6F3NO2S/c1-4-5(13(11)12)2-3-10(4)6(7,8)9/h2-4H,1H3.